The van der Waals surface area contributed by atoms with Crippen molar-refractivity contribution < 1.29 is 9.53 Å². The highest BCUT2D eigenvalue weighted by molar-refractivity contribution is 5.80. The Kier molecular flexibility index (Phi) is 5.38. The Balaban J connectivity index is 1.76. The number of benzene rings is 1. The van der Waals surface area contributed by atoms with Crippen LogP contribution in [0.3, 0.4) is 0 Å². The summed E-state index contributed by atoms with van der Waals surface area (Å²) in [5, 5.41) is 2.93. The van der Waals surface area contributed by atoms with E-state index in [-0.39, 0.29) is 12.0 Å². The Morgan fingerprint density at radius 3 is 3.05 bits per heavy atom. The van der Waals surface area contributed by atoms with Gasteiger partial charge >= 0.3 is 0 Å². The Morgan fingerprint density at radius 1 is 1.50 bits per heavy atom. The van der Waals surface area contributed by atoms with E-state index in [4.69, 9.17) is 10.5 Å². The van der Waals surface area contributed by atoms with Gasteiger partial charge in [-0.15, -0.1) is 0 Å². The van der Waals surface area contributed by atoms with Crippen LogP contribution >= 0.6 is 0 Å². The van der Waals surface area contributed by atoms with Crippen molar-refractivity contribution >= 4 is 11.6 Å². The standard InChI is InChI=1S/C15H23N3O2/c1-2-18-7-8-20-13(11-18)10-17-15(19)9-12-5-3-4-6-14(12)16/h3-6,13H,2,7-11,16H2,1H3,(H,17,19). The molecule has 0 aliphatic carbocycles. The van der Waals surface area contributed by atoms with Crippen LogP contribution < -0.4 is 11.1 Å². The molecule has 5 nitrogen and oxygen atoms in total. The molecule has 1 heterocycles. The maximum atomic E-state index is 11.9. The number of morpholine rings is 1. The second-order valence-corrected chi connectivity index (χ2v) is 5.07. The van der Waals surface area contributed by atoms with Crippen LogP contribution in [0.5, 0.6) is 0 Å². The van der Waals surface area contributed by atoms with Gasteiger partial charge in [-0.3, -0.25) is 9.69 Å². The molecular formula is C15H23N3O2. The average molecular weight is 277 g/mol. The molecule has 5 heteroatoms. The van der Waals surface area contributed by atoms with Crippen molar-refractivity contribution in [1.29, 1.82) is 0 Å². The van der Waals surface area contributed by atoms with Gasteiger partial charge in [0.1, 0.15) is 0 Å². The van der Waals surface area contributed by atoms with Crippen LogP contribution in [-0.2, 0) is 16.0 Å². The van der Waals surface area contributed by atoms with Gasteiger partial charge in [0.05, 0.1) is 19.1 Å². The highest BCUT2D eigenvalue weighted by atomic mass is 16.5. The molecule has 3 N–H and O–H groups in total. The lowest BCUT2D eigenvalue weighted by Gasteiger charge is -2.32. The molecule has 0 aromatic heterocycles. The largest absolute Gasteiger partial charge is 0.398 e. The number of amides is 1. The minimum atomic E-state index is -0.0138. The number of nitrogens with two attached hydrogens (primary N) is 1. The number of ether oxygens (including phenoxy) is 1. The van der Waals surface area contributed by atoms with Crippen LogP contribution in [0.15, 0.2) is 24.3 Å². The second-order valence-electron chi connectivity index (χ2n) is 5.07. The fraction of sp³-hybridized carbons (Fsp3) is 0.533. The van der Waals surface area contributed by atoms with Gasteiger partial charge < -0.3 is 15.8 Å². The van der Waals surface area contributed by atoms with E-state index < -0.39 is 0 Å². The van der Waals surface area contributed by atoms with Crippen molar-refractivity contribution in [3.05, 3.63) is 29.8 Å². The molecule has 2 rings (SSSR count). The predicted octanol–water partition coefficient (Wildman–Crippen LogP) is 0.648. The summed E-state index contributed by atoms with van der Waals surface area (Å²) in [7, 11) is 0. The summed E-state index contributed by atoms with van der Waals surface area (Å²) >= 11 is 0. The summed E-state index contributed by atoms with van der Waals surface area (Å²) in [4.78, 5) is 14.3. The lowest BCUT2D eigenvalue weighted by molar-refractivity contribution is -0.121. The zero-order valence-corrected chi connectivity index (χ0v) is 12.0. The van der Waals surface area contributed by atoms with E-state index in [2.05, 4.69) is 17.1 Å². The lowest BCUT2D eigenvalue weighted by Crippen LogP contribution is -2.47. The van der Waals surface area contributed by atoms with Gasteiger partial charge in [-0.2, -0.15) is 0 Å². The number of nitrogen functional groups attached to an aromatic ring is 1. The number of anilines is 1. The number of hydrogen-bond acceptors (Lipinski definition) is 4. The molecule has 1 saturated heterocycles. The van der Waals surface area contributed by atoms with Gasteiger partial charge in [0.25, 0.3) is 0 Å². The van der Waals surface area contributed by atoms with Crippen LogP contribution in [0.1, 0.15) is 12.5 Å². The van der Waals surface area contributed by atoms with Gasteiger partial charge in [-0.05, 0) is 18.2 Å². The Bertz CT molecular complexity index is 450. The summed E-state index contributed by atoms with van der Waals surface area (Å²) in [5.41, 5.74) is 7.36. The maximum Gasteiger partial charge on any atom is 0.224 e. The first kappa shape index (κ1) is 14.8. The van der Waals surface area contributed by atoms with Gasteiger partial charge in [0, 0.05) is 25.3 Å². The molecule has 1 amide bonds. The highest BCUT2D eigenvalue weighted by Crippen LogP contribution is 2.11. The van der Waals surface area contributed by atoms with Gasteiger partial charge in [-0.1, -0.05) is 25.1 Å². The molecule has 20 heavy (non-hydrogen) atoms. The molecule has 1 aliphatic heterocycles. The minimum absolute atomic E-state index is 0.0138. The highest BCUT2D eigenvalue weighted by Gasteiger charge is 2.19. The third-order valence-corrected chi connectivity index (χ3v) is 3.60. The van der Waals surface area contributed by atoms with Crippen molar-refractivity contribution in [2.75, 3.05) is 38.5 Å². The Hall–Kier alpha value is -1.59. The molecule has 0 saturated carbocycles. The number of rotatable bonds is 5. The van der Waals surface area contributed by atoms with E-state index in [1.54, 1.807) is 0 Å². The zero-order chi connectivity index (χ0) is 14.4. The average Bonchev–Trinajstić information content (AvgIpc) is 2.48. The van der Waals surface area contributed by atoms with Gasteiger partial charge in [0.2, 0.25) is 5.91 Å². The Morgan fingerprint density at radius 2 is 2.30 bits per heavy atom. The first-order chi connectivity index (χ1) is 9.69. The molecular weight excluding hydrogens is 254 g/mol. The maximum absolute atomic E-state index is 11.9. The molecule has 1 aromatic rings. The molecule has 1 fully saturated rings. The van der Waals surface area contributed by atoms with Gasteiger partial charge in [0.15, 0.2) is 0 Å². The van der Waals surface area contributed by atoms with Crippen molar-refractivity contribution in [2.24, 2.45) is 0 Å². The smallest absolute Gasteiger partial charge is 0.224 e. The molecule has 110 valence electrons. The third-order valence-electron chi connectivity index (χ3n) is 3.60. The molecule has 0 spiro atoms. The fourth-order valence-electron chi connectivity index (χ4n) is 2.35. The molecule has 1 atom stereocenters. The third kappa shape index (κ3) is 4.21. The quantitative estimate of drug-likeness (QED) is 0.775. The second kappa shape index (κ2) is 7.26. The van der Waals surface area contributed by atoms with Crippen LogP contribution in [0, 0.1) is 0 Å². The Labute approximate surface area is 120 Å². The first-order valence-electron chi connectivity index (χ1n) is 7.13. The van der Waals surface area contributed by atoms with E-state index in [0.717, 1.165) is 31.8 Å². The summed E-state index contributed by atoms with van der Waals surface area (Å²) in [5.74, 6) is -0.0138. The number of likely N-dealkylation sites (N-methyl/N-ethyl adjacent to an activating group) is 1. The van der Waals surface area contributed by atoms with Crippen molar-refractivity contribution in [2.45, 2.75) is 19.4 Å². The van der Waals surface area contributed by atoms with Crippen LogP contribution in [0.25, 0.3) is 0 Å². The monoisotopic (exact) mass is 277 g/mol. The fourth-order valence-corrected chi connectivity index (χ4v) is 2.35. The number of hydrogen-bond donors (Lipinski definition) is 2. The van der Waals surface area contributed by atoms with Crippen LogP contribution in [0.4, 0.5) is 5.69 Å². The SMILES string of the molecule is CCN1CCOC(CNC(=O)Cc2ccccc2N)C1. The summed E-state index contributed by atoms with van der Waals surface area (Å²) in [6.07, 6.45) is 0.400. The van der Waals surface area contributed by atoms with Crippen LogP contribution in [0.2, 0.25) is 0 Å². The topological polar surface area (TPSA) is 67.6 Å². The molecule has 1 aromatic carbocycles. The number of carbonyl (C=O) groups is 1. The number of nitrogens with one attached hydrogen (secondary N) is 1. The van der Waals surface area contributed by atoms with E-state index in [1.165, 1.54) is 0 Å². The summed E-state index contributed by atoms with van der Waals surface area (Å²) in [6.45, 7) is 6.31. The van der Waals surface area contributed by atoms with E-state index in [1.807, 2.05) is 24.3 Å². The predicted molar refractivity (Wildman–Crippen MR) is 79.4 cm³/mol. The normalized spacial score (nSPS) is 19.8. The molecule has 0 bridgehead atoms. The van der Waals surface area contributed by atoms with Crippen LogP contribution in [-0.4, -0.2) is 49.7 Å². The minimum Gasteiger partial charge on any atom is -0.398 e. The van der Waals surface area contributed by atoms with E-state index in [0.29, 0.717) is 18.7 Å². The number of nitrogens with zero attached hydrogens (tertiary/aromatic N) is 1. The molecule has 1 aliphatic rings. The summed E-state index contributed by atoms with van der Waals surface area (Å²) < 4.78 is 5.65. The molecule has 0 radical (unpaired) electrons. The number of carbonyl (C=O) groups excluding carboxylic acids is 1. The van der Waals surface area contributed by atoms with E-state index >= 15 is 0 Å². The summed E-state index contributed by atoms with van der Waals surface area (Å²) in [6, 6.07) is 7.45. The van der Waals surface area contributed by atoms with Gasteiger partial charge in [-0.25, -0.2) is 0 Å². The zero-order valence-electron chi connectivity index (χ0n) is 12.0. The van der Waals surface area contributed by atoms with E-state index in [9.17, 15) is 4.79 Å². The first-order valence-corrected chi connectivity index (χ1v) is 7.13. The van der Waals surface area contributed by atoms with Crippen molar-refractivity contribution in [3.8, 4) is 0 Å². The number of para-hydroxylation sites is 1. The lowest BCUT2D eigenvalue weighted by atomic mass is 10.1. The molecule has 1 unspecified atom stereocenters. The van der Waals surface area contributed by atoms with Crippen molar-refractivity contribution in [3.63, 3.8) is 0 Å². The van der Waals surface area contributed by atoms with Crippen molar-refractivity contribution in [1.82, 2.24) is 10.2 Å².